The van der Waals surface area contributed by atoms with E-state index in [1.54, 1.807) is 12.1 Å². The van der Waals surface area contributed by atoms with Gasteiger partial charge in [-0.15, -0.1) is 0 Å². The average Bonchev–Trinajstić information content (AvgIpc) is 2.64. The van der Waals surface area contributed by atoms with E-state index < -0.39 is 27.9 Å². The fourth-order valence-corrected chi connectivity index (χ4v) is 2.99. The Balaban J connectivity index is 1.89. The standard InChI is InChI=1S/C18H21N3O5S/c1-13(21-27(2,24)25)18(23)20-19-17(22)12-26-16-11-7-6-10-15(16)14-8-4-3-5-9-14/h3-11,13,21H,12H2,1-2H3,(H,19,22)(H,20,23). The molecule has 0 aliphatic rings. The van der Waals surface area contributed by atoms with Gasteiger partial charge >= 0.3 is 0 Å². The van der Waals surface area contributed by atoms with Gasteiger partial charge in [-0.2, -0.15) is 0 Å². The van der Waals surface area contributed by atoms with Crippen LogP contribution in [0.4, 0.5) is 0 Å². The number of benzene rings is 2. The molecule has 0 radical (unpaired) electrons. The Bertz CT molecular complexity index is 900. The van der Waals surface area contributed by atoms with Crippen molar-refractivity contribution >= 4 is 21.8 Å². The molecule has 0 heterocycles. The van der Waals surface area contributed by atoms with Crippen LogP contribution in [0.15, 0.2) is 54.6 Å². The van der Waals surface area contributed by atoms with Crippen molar-refractivity contribution in [3.63, 3.8) is 0 Å². The minimum absolute atomic E-state index is 0.321. The Morgan fingerprint density at radius 3 is 2.30 bits per heavy atom. The quantitative estimate of drug-likeness (QED) is 0.605. The van der Waals surface area contributed by atoms with E-state index in [0.717, 1.165) is 17.4 Å². The lowest BCUT2D eigenvalue weighted by Crippen LogP contribution is -2.51. The first-order chi connectivity index (χ1) is 12.8. The zero-order chi connectivity index (χ0) is 19.9. The Kier molecular flexibility index (Phi) is 6.91. The predicted octanol–water partition coefficient (Wildman–Crippen LogP) is 0.818. The number of hydrogen-bond donors (Lipinski definition) is 3. The van der Waals surface area contributed by atoms with Crippen molar-refractivity contribution in [2.24, 2.45) is 0 Å². The van der Waals surface area contributed by atoms with Crippen molar-refractivity contribution in [3.05, 3.63) is 54.6 Å². The summed E-state index contributed by atoms with van der Waals surface area (Å²) >= 11 is 0. The average molecular weight is 391 g/mol. The molecule has 0 saturated carbocycles. The maximum absolute atomic E-state index is 11.9. The van der Waals surface area contributed by atoms with Crippen LogP contribution in [0.2, 0.25) is 0 Å². The van der Waals surface area contributed by atoms with Gasteiger partial charge in [-0.3, -0.25) is 20.4 Å². The van der Waals surface area contributed by atoms with Gasteiger partial charge in [0.15, 0.2) is 6.61 Å². The second-order valence-electron chi connectivity index (χ2n) is 5.80. The Morgan fingerprint density at radius 1 is 1.00 bits per heavy atom. The molecule has 1 atom stereocenters. The topological polar surface area (TPSA) is 114 Å². The number of hydrazine groups is 1. The lowest BCUT2D eigenvalue weighted by atomic mass is 10.1. The number of hydrogen-bond acceptors (Lipinski definition) is 5. The fraction of sp³-hybridized carbons (Fsp3) is 0.222. The molecule has 0 saturated heterocycles. The molecule has 0 fully saturated rings. The van der Waals surface area contributed by atoms with Crippen molar-refractivity contribution in [2.75, 3.05) is 12.9 Å². The molecule has 0 aliphatic heterocycles. The molecule has 2 amide bonds. The fourth-order valence-electron chi connectivity index (χ4n) is 2.24. The molecule has 2 aromatic rings. The number of carbonyl (C=O) groups excluding carboxylic acids is 2. The Labute approximate surface area is 157 Å². The molecule has 9 heteroatoms. The third-order valence-electron chi connectivity index (χ3n) is 3.44. The largest absolute Gasteiger partial charge is 0.483 e. The summed E-state index contributed by atoms with van der Waals surface area (Å²) < 4.78 is 29.8. The highest BCUT2D eigenvalue weighted by molar-refractivity contribution is 7.88. The summed E-state index contributed by atoms with van der Waals surface area (Å²) in [5.74, 6) is -0.756. The van der Waals surface area contributed by atoms with Crippen LogP contribution < -0.4 is 20.3 Å². The smallest absolute Gasteiger partial charge is 0.276 e. The third kappa shape index (κ3) is 6.72. The van der Waals surface area contributed by atoms with E-state index >= 15 is 0 Å². The van der Waals surface area contributed by atoms with E-state index in [1.165, 1.54) is 6.92 Å². The lowest BCUT2D eigenvalue weighted by Gasteiger charge is -2.14. The molecule has 144 valence electrons. The first kappa shape index (κ1) is 20.4. The van der Waals surface area contributed by atoms with Crippen LogP contribution in [-0.2, 0) is 19.6 Å². The van der Waals surface area contributed by atoms with Gasteiger partial charge < -0.3 is 4.74 Å². The van der Waals surface area contributed by atoms with E-state index in [9.17, 15) is 18.0 Å². The molecule has 0 spiro atoms. The molecule has 2 rings (SSSR count). The van der Waals surface area contributed by atoms with Gasteiger partial charge in [-0.1, -0.05) is 48.5 Å². The molecule has 0 bridgehead atoms. The second-order valence-corrected chi connectivity index (χ2v) is 7.58. The van der Waals surface area contributed by atoms with Gasteiger partial charge in [0.05, 0.1) is 12.3 Å². The van der Waals surface area contributed by atoms with Crippen LogP contribution in [0.5, 0.6) is 5.75 Å². The number of amides is 2. The predicted molar refractivity (Wildman–Crippen MR) is 101 cm³/mol. The molecule has 3 N–H and O–H groups in total. The van der Waals surface area contributed by atoms with E-state index in [-0.39, 0.29) is 6.61 Å². The van der Waals surface area contributed by atoms with E-state index in [0.29, 0.717) is 5.75 Å². The lowest BCUT2D eigenvalue weighted by molar-refractivity contribution is -0.130. The van der Waals surface area contributed by atoms with Gasteiger partial charge in [-0.25, -0.2) is 13.1 Å². The van der Waals surface area contributed by atoms with Gasteiger partial charge in [0.25, 0.3) is 11.8 Å². The van der Waals surface area contributed by atoms with Crippen molar-refractivity contribution in [1.29, 1.82) is 0 Å². The van der Waals surface area contributed by atoms with Crippen molar-refractivity contribution in [1.82, 2.24) is 15.6 Å². The van der Waals surface area contributed by atoms with Gasteiger partial charge in [0.1, 0.15) is 5.75 Å². The minimum Gasteiger partial charge on any atom is -0.483 e. The highest BCUT2D eigenvalue weighted by atomic mass is 32.2. The molecule has 2 aromatic carbocycles. The number of nitrogens with one attached hydrogen (secondary N) is 3. The number of rotatable bonds is 7. The summed E-state index contributed by atoms with van der Waals surface area (Å²) in [4.78, 5) is 23.6. The summed E-state index contributed by atoms with van der Waals surface area (Å²) in [5.41, 5.74) is 6.10. The number of carbonyl (C=O) groups is 2. The zero-order valence-electron chi connectivity index (χ0n) is 14.9. The van der Waals surface area contributed by atoms with E-state index in [2.05, 4.69) is 15.6 Å². The Hall–Kier alpha value is -2.91. The molecular formula is C18H21N3O5S. The van der Waals surface area contributed by atoms with Crippen molar-refractivity contribution in [2.45, 2.75) is 13.0 Å². The summed E-state index contributed by atoms with van der Waals surface area (Å²) in [6.45, 7) is 1.03. The summed E-state index contributed by atoms with van der Waals surface area (Å²) in [6, 6.07) is 15.8. The van der Waals surface area contributed by atoms with Gasteiger partial charge in [-0.05, 0) is 18.6 Å². The molecule has 0 aromatic heterocycles. The molecule has 1 unspecified atom stereocenters. The van der Waals surface area contributed by atoms with Crippen LogP contribution in [-0.4, -0.2) is 39.1 Å². The maximum atomic E-state index is 11.9. The SMILES string of the molecule is CC(NS(C)(=O)=O)C(=O)NNC(=O)COc1ccccc1-c1ccccc1. The van der Waals surface area contributed by atoms with Crippen LogP contribution in [0.3, 0.4) is 0 Å². The Morgan fingerprint density at radius 2 is 1.63 bits per heavy atom. The highest BCUT2D eigenvalue weighted by Gasteiger charge is 2.17. The van der Waals surface area contributed by atoms with E-state index in [4.69, 9.17) is 4.74 Å². The molecular weight excluding hydrogens is 370 g/mol. The normalized spacial score (nSPS) is 12.1. The summed E-state index contributed by atoms with van der Waals surface area (Å²) in [6.07, 6.45) is 0.938. The highest BCUT2D eigenvalue weighted by Crippen LogP contribution is 2.29. The monoisotopic (exact) mass is 391 g/mol. The minimum atomic E-state index is -3.53. The number of ether oxygens (including phenoxy) is 1. The second kappa shape index (κ2) is 9.15. The molecule has 8 nitrogen and oxygen atoms in total. The third-order valence-corrected chi connectivity index (χ3v) is 4.22. The van der Waals surface area contributed by atoms with Gasteiger partial charge in [0, 0.05) is 5.56 Å². The van der Waals surface area contributed by atoms with Crippen LogP contribution in [0.25, 0.3) is 11.1 Å². The van der Waals surface area contributed by atoms with Crippen LogP contribution in [0.1, 0.15) is 6.92 Å². The van der Waals surface area contributed by atoms with Crippen molar-refractivity contribution < 1.29 is 22.7 Å². The summed E-state index contributed by atoms with van der Waals surface area (Å²) in [7, 11) is -3.53. The molecule has 0 aliphatic carbocycles. The first-order valence-corrected chi connectivity index (χ1v) is 9.98. The van der Waals surface area contributed by atoms with Crippen molar-refractivity contribution in [3.8, 4) is 16.9 Å². The van der Waals surface area contributed by atoms with Crippen LogP contribution >= 0.6 is 0 Å². The van der Waals surface area contributed by atoms with Crippen LogP contribution in [0, 0.1) is 0 Å². The summed E-state index contributed by atoms with van der Waals surface area (Å²) in [5, 5.41) is 0. The number of para-hydroxylation sites is 1. The maximum Gasteiger partial charge on any atom is 0.276 e. The number of sulfonamides is 1. The molecule has 27 heavy (non-hydrogen) atoms. The first-order valence-electron chi connectivity index (χ1n) is 8.09. The zero-order valence-corrected chi connectivity index (χ0v) is 15.7. The van der Waals surface area contributed by atoms with E-state index in [1.807, 2.05) is 42.5 Å². The van der Waals surface area contributed by atoms with Gasteiger partial charge in [0.2, 0.25) is 10.0 Å².